The highest BCUT2D eigenvalue weighted by Gasteiger charge is 2.21. The fourth-order valence-corrected chi connectivity index (χ4v) is 3.52. The molecule has 1 aliphatic rings. The van der Waals surface area contributed by atoms with Gasteiger partial charge in [-0.3, -0.25) is 9.79 Å². The van der Waals surface area contributed by atoms with Crippen molar-refractivity contribution in [1.29, 1.82) is 0 Å². The summed E-state index contributed by atoms with van der Waals surface area (Å²) in [4.78, 5) is 21.5. The van der Waals surface area contributed by atoms with Gasteiger partial charge in [-0.2, -0.15) is 0 Å². The molecule has 0 aromatic heterocycles. The molecule has 0 aliphatic carbocycles. The van der Waals surface area contributed by atoms with Crippen LogP contribution in [0.3, 0.4) is 0 Å². The van der Waals surface area contributed by atoms with Crippen LogP contribution in [-0.4, -0.2) is 37.7 Å². The zero-order valence-electron chi connectivity index (χ0n) is 17.8. The Bertz CT molecular complexity index is 772. The first-order valence-corrected chi connectivity index (χ1v) is 10.2. The lowest BCUT2D eigenvalue weighted by Crippen LogP contribution is -2.30. The molecule has 5 nitrogen and oxygen atoms in total. The monoisotopic (exact) mass is 383 g/mol. The molecule has 1 saturated heterocycles. The minimum absolute atomic E-state index is 0.183. The summed E-state index contributed by atoms with van der Waals surface area (Å²) < 4.78 is 5.53. The number of nitrogens with one attached hydrogen (secondary N) is 1. The predicted molar refractivity (Wildman–Crippen MR) is 117 cm³/mol. The summed E-state index contributed by atoms with van der Waals surface area (Å²) in [6.07, 6.45) is 6.35. The van der Waals surface area contributed by atoms with Gasteiger partial charge in [0.1, 0.15) is 5.84 Å². The average Bonchev–Trinajstić information content (AvgIpc) is 2.70. The maximum Gasteiger partial charge on any atom is 0.257 e. The topological polar surface area (TPSA) is 63.0 Å². The molecule has 2 rings (SSSR count). The zero-order chi connectivity index (χ0) is 20.5. The van der Waals surface area contributed by atoms with Gasteiger partial charge in [0.05, 0.1) is 11.3 Å². The molecule has 1 aliphatic heterocycles. The van der Waals surface area contributed by atoms with Crippen molar-refractivity contribution >= 4 is 23.6 Å². The number of aryl methyl sites for hydroxylation is 1. The number of amides is 1. The molecule has 1 heterocycles. The number of ether oxygens (including phenoxy) is 1. The lowest BCUT2D eigenvalue weighted by molar-refractivity contribution is -0.115. The molecule has 1 aromatic rings. The van der Waals surface area contributed by atoms with E-state index < -0.39 is 0 Å². The summed E-state index contributed by atoms with van der Waals surface area (Å²) in [5.41, 5.74) is 5.27. The highest BCUT2D eigenvalue weighted by molar-refractivity contribution is 6.17. The van der Waals surface area contributed by atoms with Crippen LogP contribution in [0.5, 0.6) is 0 Å². The molecule has 1 amide bonds. The van der Waals surface area contributed by atoms with Gasteiger partial charge in [0.15, 0.2) is 0 Å². The van der Waals surface area contributed by atoms with Crippen LogP contribution in [0.1, 0.15) is 63.1 Å². The van der Waals surface area contributed by atoms with Gasteiger partial charge in [0.2, 0.25) is 0 Å². The van der Waals surface area contributed by atoms with E-state index in [1.807, 2.05) is 20.8 Å². The number of benzene rings is 1. The first-order chi connectivity index (χ1) is 13.5. The van der Waals surface area contributed by atoms with Crippen molar-refractivity contribution < 1.29 is 9.53 Å². The van der Waals surface area contributed by atoms with Crippen molar-refractivity contribution in [1.82, 2.24) is 5.32 Å². The van der Waals surface area contributed by atoms with Gasteiger partial charge in [-0.25, -0.2) is 4.99 Å². The van der Waals surface area contributed by atoms with Crippen LogP contribution in [0, 0.1) is 6.92 Å². The van der Waals surface area contributed by atoms with Crippen LogP contribution in [0.15, 0.2) is 33.8 Å². The number of carbonyl (C=O) groups excluding carboxylic acids is 1. The average molecular weight is 384 g/mol. The van der Waals surface area contributed by atoms with Gasteiger partial charge in [-0.15, -0.1) is 0 Å². The van der Waals surface area contributed by atoms with Crippen LogP contribution in [-0.2, 0) is 16.0 Å². The number of amidine groups is 1. The Kier molecular flexibility index (Phi) is 8.58. The molecule has 152 valence electrons. The van der Waals surface area contributed by atoms with Crippen LogP contribution in [0.4, 0.5) is 5.69 Å². The third-order valence-electron chi connectivity index (χ3n) is 5.18. The van der Waals surface area contributed by atoms with E-state index >= 15 is 0 Å². The SMILES string of the molecule is C/C=C(\C=NCC)C(=O)NC(C)=Nc1c(C2CCOCC2)ccc(CC)c1C. The van der Waals surface area contributed by atoms with Crippen molar-refractivity contribution in [2.45, 2.75) is 59.8 Å². The van der Waals surface area contributed by atoms with Crippen LogP contribution < -0.4 is 5.32 Å². The second kappa shape index (κ2) is 10.9. The third-order valence-corrected chi connectivity index (χ3v) is 5.18. The second-order valence-electron chi connectivity index (χ2n) is 7.05. The normalized spacial score (nSPS) is 16.6. The van der Waals surface area contributed by atoms with Gasteiger partial charge < -0.3 is 10.1 Å². The summed E-state index contributed by atoms with van der Waals surface area (Å²) in [5.74, 6) is 0.861. The summed E-state index contributed by atoms with van der Waals surface area (Å²) in [7, 11) is 0. The third kappa shape index (κ3) is 5.61. The van der Waals surface area contributed by atoms with Crippen LogP contribution in [0.2, 0.25) is 0 Å². The number of allylic oxidation sites excluding steroid dienone is 1. The van der Waals surface area contributed by atoms with Crippen molar-refractivity contribution in [2.24, 2.45) is 9.98 Å². The molecule has 5 heteroatoms. The van der Waals surface area contributed by atoms with E-state index in [-0.39, 0.29) is 5.91 Å². The van der Waals surface area contributed by atoms with E-state index in [1.165, 1.54) is 16.7 Å². The quantitative estimate of drug-likeness (QED) is 0.441. The van der Waals surface area contributed by atoms with Gasteiger partial charge in [-0.1, -0.05) is 25.1 Å². The highest BCUT2D eigenvalue weighted by Crippen LogP contribution is 2.37. The van der Waals surface area contributed by atoms with Gasteiger partial charge in [0.25, 0.3) is 5.91 Å². The van der Waals surface area contributed by atoms with E-state index in [1.54, 1.807) is 12.3 Å². The first kappa shape index (κ1) is 22.0. The Labute approximate surface area is 169 Å². The predicted octanol–water partition coefficient (Wildman–Crippen LogP) is 4.65. The van der Waals surface area contributed by atoms with Gasteiger partial charge in [-0.05, 0) is 69.6 Å². The second-order valence-corrected chi connectivity index (χ2v) is 7.05. The lowest BCUT2D eigenvalue weighted by Gasteiger charge is -2.25. The summed E-state index contributed by atoms with van der Waals surface area (Å²) >= 11 is 0. The molecule has 1 aromatic carbocycles. The molecule has 0 atom stereocenters. The fraction of sp³-hybridized carbons (Fsp3) is 0.522. The molecule has 0 unspecified atom stereocenters. The number of nitrogens with zero attached hydrogens (tertiary/aromatic N) is 2. The molecule has 1 N–H and O–H groups in total. The Morgan fingerprint density at radius 1 is 1.29 bits per heavy atom. The van der Waals surface area contributed by atoms with E-state index in [2.05, 4.69) is 36.3 Å². The number of rotatable bonds is 6. The van der Waals surface area contributed by atoms with Crippen molar-refractivity contribution in [3.05, 3.63) is 40.5 Å². The molecule has 0 saturated carbocycles. The molecular weight excluding hydrogens is 350 g/mol. The summed E-state index contributed by atoms with van der Waals surface area (Å²) in [5, 5.41) is 2.91. The Morgan fingerprint density at radius 2 is 2.00 bits per heavy atom. The first-order valence-electron chi connectivity index (χ1n) is 10.2. The van der Waals surface area contributed by atoms with E-state index in [4.69, 9.17) is 9.73 Å². The standard InChI is InChI=1S/C23H33N3O2/c1-6-18-9-10-21(20-11-13-28-14-12-20)22(16(18)4)25-17(5)26-23(27)19(7-2)15-24-8-3/h7,9-10,15,20H,6,8,11-14H2,1-5H3,(H,25,26,27)/b19-7+,24-15?. The Balaban J connectivity index is 2.33. The van der Waals surface area contributed by atoms with E-state index in [9.17, 15) is 4.79 Å². The minimum Gasteiger partial charge on any atom is -0.381 e. The van der Waals surface area contributed by atoms with E-state index in [0.29, 0.717) is 23.9 Å². The Hall–Kier alpha value is -2.27. The fourth-order valence-electron chi connectivity index (χ4n) is 3.52. The lowest BCUT2D eigenvalue weighted by atomic mass is 9.87. The van der Waals surface area contributed by atoms with Gasteiger partial charge >= 0.3 is 0 Å². The van der Waals surface area contributed by atoms with Crippen molar-refractivity contribution in [2.75, 3.05) is 19.8 Å². The smallest absolute Gasteiger partial charge is 0.257 e. The van der Waals surface area contributed by atoms with Gasteiger partial charge in [0, 0.05) is 26.0 Å². The molecule has 0 radical (unpaired) electrons. The zero-order valence-corrected chi connectivity index (χ0v) is 17.8. The van der Waals surface area contributed by atoms with Crippen LogP contribution in [0.25, 0.3) is 0 Å². The molecule has 0 bridgehead atoms. The summed E-state index contributed by atoms with van der Waals surface area (Å²) in [6.45, 7) is 12.1. The maximum absolute atomic E-state index is 12.5. The number of carbonyl (C=O) groups is 1. The largest absolute Gasteiger partial charge is 0.381 e. The van der Waals surface area contributed by atoms with Crippen molar-refractivity contribution in [3.8, 4) is 0 Å². The number of hydrogen-bond donors (Lipinski definition) is 1. The molecule has 1 fully saturated rings. The molecule has 0 spiro atoms. The Morgan fingerprint density at radius 3 is 2.61 bits per heavy atom. The maximum atomic E-state index is 12.5. The number of hydrogen-bond acceptors (Lipinski definition) is 4. The molecular formula is C23H33N3O2. The minimum atomic E-state index is -0.183. The highest BCUT2D eigenvalue weighted by atomic mass is 16.5. The van der Waals surface area contributed by atoms with E-state index in [0.717, 1.165) is 38.2 Å². The van der Waals surface area contributed by atoms with Crippen LogP contribution >= 0.6 is 0 Å². The molecule has 28 heavy (non-hydrogen) atoms. The van der Waals surface area contributed by atoms with Crippen molar-refractivity contribution in [3.63, 3.8) is 0 Å². The summed E-state index contributed by atoms with van der Waals surface area (Å²) in [6, 6.07) is 4.42. The number of aliphatic imine (C=N–C) groups is 2.